The van der Waals surface area contributed by atoms with Crippen LogP contribution >= 0.6 is 30.3 Å². The standard InChI is InChI=1S/C14H12ClN2O3PS/c1-20-21(19,9-4-5-22-7-9)13-10-6-8(15)2-3-11(10)17-12(13)14(16)18/h2-7,17H,1H3,(H2,16,18). The Bertz CT molecular complexity index is 904. The van der Waals surface area contributed by atoms with Gasteiger partial charge in [-0.25, -0.2) is 0 Å². The van der Waals surface area contributed by atoms with Gasteiger partial charge in [0, 0.05) is 28.4 Å². The first kappa shape index (κ1) is 15.3. The Kier molecular flexibility index (Phi) is 3.87. The van der Waals surface area contributed by atoms with Crippen LogP contribution < -0.4 is 16.3 Å². The Balaban J connectivity index is 2.42. The zero-order valence-corrected chi connectivity index (χ0v) is 14.0. The van der Waals surface area contributed by atoms with E-state index in [2.05, 4.69) is 4.98 Å². The molecular weight excluding hydrogens is 343 g/mol. The quantitative estimate of drug-likeness (QED) is 0.706. The molecule has 3 aromatic rings. The Labute approximate surface area is 135 Å². The van der Waals surface area contributed by atoms with Gasteiger partial charge in [-0.15, -0.1) is 0 Å². The van der Waals surface area contributed by atoms with Gasteiger partial charge in [-0.3, -0.25) is 9.36 Å². The van der Waals surface area contributed by atoms with E-state index in [0.29, 0.717) is 21.2 Å². The van der Waals surface area contributed by atoms with Crippen molar-refractivity contribution in [3.63, 3.8) is 0 Å². The van der Waals surface area contributed by atoms with E-state index in [0.717, 1.165) is 0 Å². The van der Waals surface area contributed by atoms with Gasteiger partial charge in [-0.05, 0) is 29.6 Å². The van der Waals surface area contributed by atoms with Crippen LogP contribution in [0.1, 0.15) is 10.5 Å². The van der Waals surface area contributed by atoms with E-state index in [4.69, 9.17) is 21.9 Å². The number of nitrogens with two attached hydrogens (primary N) is 1. The number of hydrogen-bond donors (Lipinski definition) is 2. The van der Waals surface area contributed by atoms with Gasteiger partial charge < -0.3 is 15.2 Å². The molecule has 1 amide bonds. The van der Waals surface area contributed by atoms with E-state index in [-0.39, 0.29) is 11.0 Å². The second kappa shape index (κ2) is 5.56. The molecule has 0 saturated carbocycles. The lowest BCUT2D eigenvalue weighted by molar-refractivity contribution is 0.0997. The van der Waals surface area contributed by atoms with E-state index >= 15 is 0 Å². The summed E-state index contributed by atoms with van der Waals surface area (Å²) >= 11 is 7.44. The van der Waals surface area contributed by atoms with Crippen molar-refractivity contribution in [1.29, 1.82) is 0 Å². The van der Waals surface area contributed by atoms with Crippen LogP contribution in [0.15, 0.2) is 35.0 Å². The molecule has 1 atom stereocenters. The molecule has 3 N–H and O–H groups in total. The number of nitrogens with one attached hydrogen (secondary N) is 1. The van der Waals surface area contributed by atoms with Crippen LogP contribution in [0.4, 0.5) is 0 Å². The summed E-state index contributed by atoms with van der Waals surface area (Å²) in [5.41, 5.74) is 6.15. The fraction of sp³-hybridized carbons (Fsp3) is 0.0714. The third-order valence-corrected chi connectivity index (χ3v) is 7.00. The van der Waals surface area contributed by atoms with E-state index in [1.165, 1.54) is 18.4 Å². The molecule has 3 rings (SSSR count). The van der Waals surface area contributed by atoms with Crippen molar-refractivity contribution >= 4 is 57.7 Å². The number of aromatic amines is 1. The van der Waals surface area contributed by atoms with Gasteiger partial charge in [-0.2, -0.15) is 11.3 Å². The molecule has 22 heavy (non-hydrogen) atoms. The van der Waals surface area contributed by atoms with E-state index in [9.17, 15) is 9.36 Å². The maximum absolute atomic E-state index is 13.5. The molecule has 2 heterocycles. The first-order valence-corrected chi connectivity index (χ1v) is 9.22. The summed E-state index contributed by atoms with van der Waals surface area (Å²) in [5, 5.41) is 5.35. The number of aromatic nitrogens is 1. The third kappa shape index (κ3) is 2.29. The maximum Gasteiger partial charge on any atom is 0.266 e. The van der Waals surface area contributed by atoms with E-state index in [1.54, 1.807) is 35.0 Å². The molecule has 0 aliphatic carbocycles. The number of carbonyl (C=O) groups is 1. The van der Waals surface area contributed by atoms with Crippen molar-refractivity contribution < 1.29 is 13.9 Å². The first-order chi connectivity index (χ1) is 10.5. The highest BCUT2D eigenvalue weighted by molar-refractivity contribution is 7.75. The smallest absolute Gasteiger partial charge is 0.266 e. The molecule has 1 aromatic carbocycles. The lowest BCUT2D eigenvalue weighted by Gasteiger charge is -2.15. The highest BCUT2D eigenvalue weighted by atomic mass is 35.5. The number of primary amides is 1. The third-order valence-electron chi connectivity index (χ3n) is 3.38. The summed E-state index contributed by atoms with van der Waals surface area (Å²) in [7, 11) is -2.09. The van der Waals surface area contributed by atoms with E-state index in [1.807, 2.05) is 0 Å². The Morgan fingerprint density at radius 3 is 2.77 bits per heavy atom. The van der Waals surface area contributed by atoms with Gasteiger partial charge in [-0.1, -0.05) is 11.6 Å². The number of amides is 1. The van der Waals surface area contributed by atoms with Crippen molar-refractivity contribution in [3.8, 4) is 0 Å². The summed E-state index contributed by atoms with van der Waals surface area (Å²) in [6.45, 7) is 0. The van der Waals surface area contributed by atoms with Gasteiger partial charge in [0.25, 0.3) is 13.3 Å². The molecule has 0 saturated heterocycles. The average molecular weight is 355 g/mol. The van der Waals surface area contributed by atoms with Crippen molar-refractivity contribution in [2.75, 3.05) is 7.11 Å². The van der Waals surface area contributed by atoms with Crippen molar-refractivity contribution in [2.24, 2.45) is 5.73 Å². The molecule has 0 bridgehead atoms. The number of fused-ring (bicyclic) bond motifs is 1. The van der Waals surface area contributed by atoms with Crippen molar-refractivity contribution in [3.05, 3.63) is 45.7 Å². The Hall–Kier alpha value is -1.59. The molecule has 0 fully saturated rings. The minimum absolute atomic E-state index is 0.0775. The fourth-order valence-electron chi connectivity index (χ4n) is 2.38. The number of rotatable bonds is 4. The van der Waals surface area contributed by atoms with Gasteiger partial charge in [0.2, 0.25) is 0 Å². The van der Waals surface area contributed by atoms with Gasteiger partial charge in [0.05, 0.1) is 10.6 Å². The highest BCUT2D eigenvalue weighted by Gasteiger charge is 2.35. The molecule has 8 heteroatoms. The Morgan fingerprint density at radius 2 is 2.18 bits per heavy atom. The minimum atomic E-state index is -3.45. The van der Waals surface area contributed by atoms with Crippen LogP contribution in [0, 0.1) is 0 Å². The molecule has 0 aliphatic heterocycles. The summed E-state index contributed by atoms with van der Waals surface area (Å²) in [5.74, 6) is -0.699. The summed E-state index contributed by atoms with van der Waals surface area (Å²) < 4.78 is 18.8. The molecule has 0 spiro atoms. The van der Waals surface area contributed by atoms with Gasteiger partial charge in [0.1, 0.15) is 5.69 Å². The summed E-state index contributed by atoms with van der Waals surface area (Å²) in [6, 6.07) is 6.74. The predicted molar refractivity (Wildman–Crippen MR) is 90.0 cm³/mol. The zero-order chi connectivity index (χ0) is 15.9. The molecular formula is C14H12ClN2O3PS. The summed E-state index contributed by atoms with van der Waals surface area (Å²) in [6.07, 6.45) is 0. The lowest BCUT2D eigenvalue weighted by atomic mass is 10.2. The van der Waals surface area contributed by atoms with Crippen LogP contribution in [0.25, 0.3) is 10.9 Å². The van der Waals surface area contributed by atoms with Gasteiger partial charge in [0.15, 0.2) is 0 Å². The molecule has 1 unspecified atom stereocenters. The molecule has 114 valence electrons. The van der Waals surface area contributed by atoms with Crippen molar-refractivity contribution in [1.82, 2.24) is 4.98 Å². The molecule has 5 nitrogen and oxygen atoms in total. The number of thiophene rings is 1. The largest absolute Gasteiger partial charge is 0.364 e. The Morgan fingerprint density at radius 1 is 1.41 bits per heavy atom. The maximum atomic E-state index is 13.5. The second-order valence-electron chi connectivity index (χ2n) is 4.62. The minimum Gasteiger partial charge on any atom is -0.364 e. The predicted octanol–water partition coefficient (Wildman–Crippen LogP) is 2.86. The van der Waals surface area contributed by atoms with Crippen molar-refractivity contribution in [2.45, 2.75) is 0 Å². The summed E-state index contributed by atoms with van der Waals surface area (Å²) in [4.78, 5) is 14.7. The van der Waals surface area contributed by atoms with Crippen LogP contribution in [-0.4, -0.2) is 18.0 Å². The second-order valence-corrected chi connectivity index (χ2v) is 8.27. The van der Waals surface area contributed by atoms with E-state index < -0.39 is 13.3 Å². The number of H-pyrrole nitrogens is 1. The van der Waals surface area contributed by atoms with Crippen LogP contribution in [0.5, 0.6) is 0 Å². The highest BCUT2D eigenvalue weighted by Crippen LogP contribution is 2.47. The number of hydrogen-bond acceptors (Lipinski definition) is 4. The number of carbonyl (C=O) groups excluding carboxylic acids is 1. The monoisotopic (exact) mass is 354 g/mol. The van der Waals surface area contributed by atoms with Crippen LogP contribution in [0.2, 0.25) is 5.02 Å². The topological polar surface area (TPSA) is 85.2 Å². The number of halogens is 1. The SMILES string of the molecule is COP(=O)(c1ccsc1)c1c(C(N)=O)[nH]c2ccc(Cl)cc12. The van der Waals surface area contributed by atoms with Gasteiger partial charge >= 0.3 is 0 Å². The molecule has 0 radical (unpaired) electrons. The number of benzene rings is 1. The fourth-order valence-corrected chi connectivity index (χ4v) is 5.80. The average Bonchev–Trinajstić information content (AvgIpc) is 3.14. The van der Waals surface area contributed by atoms with Crippen LogP contribution in [0.3, 0.4) is 0 Å². The van der Waals surface area contributed by atoms with Crippen LogP contribution in [-0.2, 0) is 9.09 Å². The first-order valence-electron chi connectivity index (χ1n) is 6.27. The lowest BCUT2D eigenvalue weighted by Crippen LogP contribution is -2.25. The normalized spacial score (nSPS) is 14.1. The molecule has 0 aliphatic rings. The zero-order valence-electron chi connectivity index (χ0n) is 11.5. The molecule has 2 aromatic heterocycles.